The second-order valence-corrected chi connectivity index (χ2v) is 7.34. The smallest absolute Gasteiger partial charge is 0.154 e. The van der Waals surface area contributed by atoms with Crippen LogP contribution < -0.4 is 5.73 Å². The van der Waals surface area contributed by atoms with Crippen LogP contribution in [0.25, 0.3) is 0 Å². The molecule has 0 bridgehead atoms. The van der Waals surface area contributed by atoms with Crippen molar-refractivity contribution < 1.29 is 13.5 Å². The lowest BCUT2D eigenvalue weighted by atomic mass is 9.74. The van der Waals surface area contributed by atoms with Gasteiger partial charge in [-0.25, -0.2) is 13.8 Å². The minimum absolute atomic E-state index is 0.00878. The first-order valence-corrected chi connectivity index (χ1v) is 8.88. The number of hydrogen-bond donors (Lipinski definition) is 1. The quantitative estimate of drug-likeness (QED) is 0.882. The van der Waals surface area contributed by atoms with Gasteiger partial charge in [0.15, 0.2) is 5.17 Å². The first-order valence-electron chi connectivity index (χ1n) is 7.89. The summed E-state index contributed by atoms with van der Waals surface area (Å²) in [5.41, 5.74) is 6.05. The number of aromatic nitrogens is 3. The maximum absolute atomic E-state index is 14.5. The number of ether oxygens (including phenoxy) is 1. The highest BCUT2D eigenvalue weighted by Crippen LogP contribution is 2.49. The normalized spacial score (nSPS) is 29.2. The summed E-state index contributed by atoms with van der Waals surface area (Å²) < 4.78 is 33.8. The monoisotopic (exact) mass is 365 g/mol. The van der Waals surface area contributed by atoms with Crippen LogP contribution in [0.4, 0.5) is 8.78 Å². The van der Waals surface area contributed by atoms with Crippen molar-refractivity contribution in [2.45, 2.75) is 18.1 Å². The zero-order valence-electron chi connectivity index (χ0n) is 13.5. The van der Waals surface area contributed by atoms with Crippen molar-refractivity contribution in [1.82, 2.24) is 15.0 Å². The number of hydrogen-bond acceptors (Lipinski definition) is 6. The number of benzene rings is 1. The molecule has 1 aromatic carbocycles. The van der Waals surface area contributed by atoms with E-state index in [1.165, 1.54) is 28.7 Å². The van der Waals surface area contributed by atoms with Gasteiger partial charge < -0.3 is 10.5 Å². The van der Waals surface area contributed by atoms with Crippen LogP contribution in [0.5, 0.6) is 0 Å². The Balaban J connectivity index is 1.73. The first-order chi connectivity index (χ1) is 12.0. The highest BCUT2D eigenvalue weighted by atomic mass is 32.2. The fraction of sp³-hybridized carbons (Fsp3) is 0.438. The number of amidine groups is 1. The van der Waals surface area contributed by atoms with E-state index in [0.29, 0.717) is 22.9 Å². The average molecular weight is 365 g/mol. The summed E-state index contributed by atoms with van der Waals surface area (Å²) in [6.07, 6.45) is 2.05. The summed E-state index contributed by atoms with van der Waals surface area (Å²) in [5, 5.41) is 8.77. The van der Waals surface area contributed by atoms with Crippen LogP contribution in [-0.2, 0) is 17.3 Å². The van der Waals surface area contributed by atoms with E-state index in [9.17, 15) is 8.78 Å². The molecule has 132 valence electrons. The van der Waals surface area contributed by atoms with Crippen LogP contribution >= 0.6 is 11.8 Å². The van der Waals surface area contributed by atoms with E-state index < -0.39 is 17.2 Å². The van der Waals surface area contributed by atoms with E-state index in [2.05, 4.69) is 15.2 Å². The minimum atomic E-state index is -0.939. The molecule has 25 heavy (non-hydrogen) atoms. The summed E-state index contributed by atoms with van der Waals surface area (Å²) in [6.45, 7) is 0.155. The Morgan fingerprint density at radius 1 is 1.40 bits per heavy atom. The molecular weight excluding hydrogens is 348 g/mol. The van der Waals surface area contributed by atoms with Crippen molar-refractivity contribution in [3.05, 3.63) is 47.3 Å². The Kier molecular flexibility index (Phi) is 3.99. The molecule has 0 saturated carbocycles. The molecule has 2 aromatic rings. The van der Waals surface area contributed by atoms with Crippen LogP contribution in [0.1, 0.15) is 23.8 Å². The third-order valence-electron chi connectivity index (χ3n) is 4.77. The van der Waals surface area contributed by atoms with E-state index in [4.69, 9.17) is 10.5 Å². The van der Waals surface area contributed by atoms with Gasteiger partial charge in [0, 0.05) is 30.3 Å². The highest BCUT2D eigenvalue weighted by Gasteiger charge is 2.50. The average Bonchev–Trinajstić information content (AvgIpc) is 3.00. The number of halogens is 2. The molecule has 0 radical (unpaired) electrons. The van der Waals surface area contributed by atoms with Crippen molar-refractivity contribution in [2.24, 2.45) is 23.7 Å². The van der Waals surface area contributed by atoms with Crippen molar-refractivity contribution in [1.29, 1.82) is 0 Å². The lowest BCUT2D eigenvalue weighted by molar-refractivity contribution is -0.0608. The topological polar surface area (TPSA) is 78.3 Å². The molecule has 2 aliphatic rings. The highest BCUT2D eigenvalue weighted by molar-refractivity contribution is 8.13. The zero-order chi connectivity index (χ0) is 17.6. The Morgan fingerprint density at radius 2 is 2.24 bits per heavy atom. The maximum Gasteiger partial charge on any atom is 0.154 e. The van der Waals surface area contributed by atoms with Crippen molar-refractivity contribution in [3.63, 3.8) is 0 Å². The summed E-state index contributed by atoms with van der Waals surface area (Å²) in [4.78, 5) is 6.04. The maximum atomic E-state index is 14.5. The van der Waals surface area contributed by atoms with E-state index in [-0.39, 0.29) is 18.6 Å². The molecule has 1 saturated heterocycles. The van der Waals surface area contributed by atoms with Gasteiger partial charge in [0.25, 0.3) is 0 Å². The fourth-order valence-corrected chi connectivity index (χ4v) is 4.54. The van der Waals surface area contributed by atoms with Gasteiger partial charge in [0.05, 0.1) is 12.8 Å². The fourth-order valence-electron chi connectivity index (χ4n) is 3.52. The third kappa shape index (κ3) is 2.81. The van der Waals surface area contributed by atoms with Gasteiger partial charge in [-0.3, -0.25) is 0 Å². The lowest BCUT2D eigenvalue weighted by Gasteiger charge is -2.46. The van der Waals surface area contributed by atoms with E-state index in [0.717, 1.165) is 11.8 Å². The second kappa shape index (κ2) is 6.06. The molecule has 1 aromatic heterocycles. The number of nitrogens with two attached hydrogens (primary N) is 1. The van der Waals surface area contributed by atoms with E-state index in [1.807, 2.05) is 0 Å². The summed E-state index contributed by atoms with van der Waals surface area (Å²) in [7, 11) is 1.74. The van der Waals surface area contributed by atoms with Crippen molar-refractivity contribution >= 4 is 16.9 Å². The van der Waals surface area contributed by atoms with Gasteiger partial charge in [0.1, 0.15) is 29.0 Å². The molecule has 0 unspecified atom stereocenters. The number of rotatable bonds is 2. The van der Waals surface area contributed by atoms with Crippen LogP contribution in [0.3, 0.4) is 0 Å². The van der Waals surface area contributed by atoms with Crippen LogP contribution in [0, 0.1) is 17.6 Å². The standard InChI is InChI=1S/C16H17F2N5OS/c1-23-20-6-13(22-23)14-4-9-7-25-15(19)21-16(9,8-24-14)11-3-2-10(17)5-12(11)18/h2-3,5-6,9,14H,4,7-8H2,1H3,(H2,19,21)/t9-,14+,16-/m0/s1. The third-order valence-corrected chi connectivity index (χ3v) is 5.72. The van der Waals surface area contributed by atoms with Crippen molar-refractivity contribution in [2.75, 3.05) is 12.4 Å². The lowest BCUT2D eigenvalue weighted by Crippen LogP contribution is -2.48. The van der Waals surface area contributed by atoms with Gasteiger partial charge in [-0.1, -0.05) is 17.8 Å². The Morgan fingerprint density at radius 3 is 2.96 bits per heavy atom. The Bertz CT molecular complexity index is 842. The molecule has 1 fully saturated rings. The van der Waals surface area contributed by atoms with Gasteiger partial charge in [-0.2, -0.15) is 15.0 Å². The second-order valence-electron chi connectivity index (χ2n) is 6.30. The van der Waals surface area contributed by atoms with E-state index in [1.54, 1.807) is 13.2 Å². The molecule has 0 spiro atoms. The van der Waals surface area contributed by atoms with Gasteiger partial charge in [0.2, 0.25) is 0 Å². The molecular formula is C16H17F2N5OS. The first kappa shape index (κ1) is 16.5. The van der Waals surface area contributed by atoms with E-state index >= 15 is 0 Å². The number of fused-ring (bicyclic) bond motifs is 1. The van der Waals surface area contributed by atoms with Crippen molar-refractivity contribution in [3.8, 4) is 0 Å². The summed E-state index contributed by atoms with van der Waals surface area (Å²) in [6, 6.07) is 3.56. The summed E-state index contributed by atoms with van der Waals surface area (Å²) in [5.74, 6) is -0.572. The largest absolute Gasteiger partial charge is 0.379 e. The molecule has 6 nitrogen and oxygen atoms in total. The number of nitrogens with zero attached hydrogens (tertiary/aromatic N) is 4. The molecule has 0 aliphatic carbocycles. The van der Waals surface area contributed by atoms with Gasteiger partial charge >= 0.3 is 0 Å². The molecule has 3 atom stereocenters. The van der Waals surface area contributed by atoms with Crippen LogP contribution in [-0.4, -0.2) is 32.5 Å². The number of aryl methyl sites for hydroxylation is 1. The Hall–Kier alpha value is -2.00. The van der Waals surface area contributed by atoms with Gasteiger partial charge in [-0.15, -0.1) is 0 Å². The predicted molar refractivity (Wildman–Crippen MR) is 89.9 cm³/mol. The molecule has 4 rings (SSSR count). The zero-order valence-corrected chi connectivity index (χ0v) is 14.3. The Labute approximate surface area is 147 Å². The number of thioether (sulfide) groups is 1. The molecule has 9 heteroatoms. The molecule has 2 N–H and O–H groups in total. The minimum Gasteiger partial charge on any atom is -0.379 e. The summed E-state index contributed by atoms with van der Waals surface area (Å²) >= 11 is 1.44. The van der Waals surface area contributed by atoms with Crippen LogP contribution in [0.15, 0.2) is 29.4 Å². The SMILES string of the molecule is Cn1ncc([C@H]2C[C@H]3CSC(N)=N[C@@]3(c3ccc(F)cc3F)CO2)n1. The van der Waals surface area contributed by atoms with Crippen LogP contribution in [0.2, 0.25) is 0 Å². The van der Waals surface area contributed by atoms with Gasteiger partial charge in [-0.05, 0) is 12.5 Å². The molecule has 2 aliphatic heterocycles. The molecule has 0 amide bonds. The molecule has 3 heterocycles. The number of aliphatic imine (C=N–C) groups is 1. The predicted octanol–water partition coefficient (Wildman–Crippen LogP) is 2.13.